The van der Waals surface area contributed by atoms with Crippen LogP contribution in [-0.2, 0) is 67.4 Å². The molecule has 0 fully saturated rings. The first-order chi connectivity index (χ1) is 2.00. The molecule has 0 aromatic heterocycles. The normalized spacial score (nSPS) is 1.60. The van der Waals surface area contributed by atoms with Gasteiger partial charge in [-0.3, -0.25) is 0 Å². The van der Waals surface area contributed by atoms with Gasteiger partial charge in [-0.15, -0.1) is 0 Å². The molecule has 0 aliphatic heterocycles. The van der Waals surface area contributed by atoms with Crippen LogP contribution >= 0.6 is 0 Å². The molecule has 0 rings (SSSR count). The van der Waals surface area contributed by atoms with E-state index in [1.165, 1.54) is 0 Å². The minimum Gasteiger partial charge on any atom is 0 e. The summed E-state index contributed by atoms with van der Waals surface area (Å²) in [6.45, 7) is 0. The largest absolute Gasteiger partial charge is 0 e. The van der Waals surface area contributed by atoms with Crippen molar-refractivity contribution in [3.8, 4) is 0 Å². The third-order valence-electron chi connectivity index (χ3n) is 0. The van der Waals surface area contributed by atoms with E-state index in [-0.39, 0.29) is 21.1 Å². The van der Waals surface area contributed by atoms with Gasteiger partial charge in [0.25, 0.3) is 0 Å². The van der Waals surface area contributed by atoms with E-state index in [0.29, 0.717) is 39.6 Å². The summed E-state index contributed by atoms with van der Waals surface area (Å²) >= 11 is 0.667. The Morgan fingerprint density at radius 3 is 0.800 bits per heavy atom. The van der Waals surface area contributed by atoms with E-state index in [9.17, 15) is 0 Å². The van der Waals surface area contributed by atoms with Crippen molar-refractivity contribution in [2.45, 2.75) is 0 Å². The van der Waals surface area contributed by atoms with Crippen LogP contribution in [0, 0.1) is 0 Å². The molecule has 0 bridgehead atoms. The van der Waals surface area contributed by atoms with Crippen molar-refractivity contribution >= 4 is 0 Å². The van der Waals surface area contributed by atoms with E-state index < -0.39 is 0 Å². The maximum Gasteiger partial charge on any atom is 0 e. The summed E-state index contributed by atoms with van der Waals surface area (Å²) in [5.41, 5.74) is 0. The molecule has 0 aliphatic carbocycles. The second-order valence-corrected chi connectivity index (χ2v) is 0. The monoisotopic (exact) mass is 584 g/mol. The SMILES string of the molecule is [O]=[W].[O]=[W].[W]. The van der Waals surface area contributed by atoms with Gasteiger partial charge in [-0.05, 0) is 0 Å². The molecule has 0 aromatic carbocycles. The van der Waals surface area contributed by atoms with Crippen molar-refractivity contribution in [1.82, 2.24) is 0 Å². The average molecular weight is 584 g/mol. The van der Waals surface area contributed by atoms with Crippen molar-refractivity contribution in [2.24, 2.45) is 0 Å². The third-order valence-corrected chi connectivity index (χ3v) is 0. The van der Waals surface area contributed by atoms with Gasteiger partial charge in [-0.2, -0.15) is 0 Å². The van der Waals surface area contributed by atoms with Crippen LogP contribution in [0.5, 0.6) is 0 Å². The van der Waals surface area contributed by atoms with E-state index in [1.807, 2.05) is 0 Å². The van der Waals surface area contributed by atoms with Crippen LogP contribution in [0.4, 0.5) is 0 Å². The number of rotatable bonds is 0. The van der Waals surface area contributed by atoms with Gasteiger partial charge in [0, 0.05) is 21.1 Å². The van der Waals surface area contributed by atoms with Crippen LogP contribution in [0.15, 0.2) is 0 Å². The van der Waals surface area contributed by atoms with Crippen LogP contribution in [0.2, 0.25) is 0 Å². The van der Waals surface area contributed by atoms with Gasteiger partial charge in [0.1, 0.15) is 0 Å². The maximum absolute atomic E-state index is 8.33. The summed E-state index contributed by atoms with van der Waals surface area (Å²) in [4.78, 5) is 0. The van der Waals surface area contributed by atoms with Gasteiger partial charge in [-0.1, -0.05) is 0 Å². The molecule has 0 unspecified atom stereocenters. The Kier molecular flexibility index (Phi) is 142. The zero-order valence-corrected chi connectivity index (χ0v) is 10.8. The summed E-state index contributed by atoms with van der Waals surface area (Å²) in [5.74, 6) is 0. The molecule has 0 spiro atoms. The number of hydrogen-bond donors (Lipinski definition) is 0. The Morgan fingerprint density at radius 1 is 0.800 bits per heavy atom. The average Bonchev–Trinajstić information content (AvgIpc) is 1.50. The van der Waals surface area contributed by atoms with Gasteiger partial charge in [0.15, 0.2) is 0 Å². The molecular weight excluding hydrogens is 584 g/mol. The van der Waals surface area contributed by atoms with Crippen molar-refractivity contribution in [3.63, 3.8) is 0 Å². The molecule has 2 nitrogen and oxygen atoms in total. The first kappa shape index (κ1) is 15.9. The quantitative estimate of drug-likeness (QED) is 0.395. The summed E-state index contributed by atoms with van der Waals surface area (Å²) < 4.78 is 16.7. The van der Waals surface area contributed by atoms with Crippen LogP contribution in [0.1, 0.15) is 0 Å². The summed E-state index contributed by atoms with van der Waals surface area (Å²) in [5, 5.41) is 0. The van der Waals surface area contributed by atoms with E-state index in [2.05, 4.69) is 0 Å². The molecule has 0 saturated heterocycles. The van der Waals surface area contributed by atoms with Crippen molar-refractivity contribution in [3.05, 3.63) is 0 Å². The fraction of sp³-hybridized carbons (Fsp3) is 0. The third kappa shape index (κ3) is 27.4. The summed E-state index contributed by atoms with van der Waals surface area (Å²) in [7, 11) is 0. The number of hydrogen-bond acceptors (Lipinski definition) is 2. The van der Waals surface area contributed by atoms with Crippen molar-refractivity contribution in [1.29, 1.82) is 0 Å². The van der Waals surface area contributed by atoms with Crippen LogP contribution < -0.4 is 0 Å². The Bertz CT molecular complexity index is 6.85. The predicted octanol–water partition coefficient (Wildman–Crippen LogP) is -0.245. The van der Waals surface area contributed by atoms with Crippen molar-refractivity contribution in [2.75, 3.05) is 0 Å². The zero-order chi connectivity index (χ0) is 4.00. The van der Waals surface area contributed by atoms with Gasteiger partial charge >= 0.3 is 46.3 Å². The first-order valence-corrected chi connectivity index (χ1v) is 2.73. The molecule has 30 valence electrons. The molecule has 5 heavy (non-hydrogen) atoms. The van der Waals surface area contributed by atoms with Gasteiger partial charge in [0.05, 0.1) is 0 Å². The van der Waals surface area contributed by atoms with Crippen LogP contribution in [0.3, 0.4) is 0 Å². The Labute approximate surface area is 66.8 Å². The minimum atomic E-state index is 0. The second-order valence-electron chi connectivity index (χ2n) is 0. The van der Waals surface area contributed by atoms with Crippen LogP contribution in [-0.4, -0.2) is 0 Å². The first-order valence-electron chi connectivity index (χ1n) is 0.333. The van der Waals surface area contributed by atoms with E-state index in [0.717, 1.165) is 0 Å². The van der Waals surface area contributed by atoms with Crippen LogP contribution in [0.25, 0.3) is 0 Å². The molecule has 0 radical (unpaired) electrons. The van der Waals surface area contributed by atoms with Gasteiger partial charge in [0.2, 0.25) is 0 Å². The van der Waals surface area contributed by atoms with Gasteiger partial charge in [-0.25, -0.2) is 0 Å². The Hall–Kier alpha value is 1.66. The molecule has 0 aliphatic rings. The summed E-state index contributed by atoms with van der Waals surface area (Å²) in [6.07, 6.45) is 0. The summed E-state index contributed by atoms with van der Waals surface area (Å²) in [6, 6.07) is 0. The van der Waals surface area contributed by atoms with E-state index >= 15 is 0 Å². The predicted molar refractivity (Wildman–Crippen MR) is 1.37 cm³/mol. The fourth-order valence-corrected chi connectivity index (χ4v) is 0. The Balaban J connectivity index is -0.0000000133. The minimum absolute atomic E-state index is 0. The molecule has 0 saturated carbocycles. The van der Waals surface area contributed by atoms with Gasteiger partial charge < -0.3 is 0 Å². The molecule has 5 heteroatoms. The maximum atomic E-state index is 8.33. The molecule has 0 atom stereocenters. The van der Waals surface area contributed by atoms with E-state index in [1.54, 1.807) is 0 Å². The van der Waals surface area contributed by atoms with E-state index in [4.69, 9.17) is 6.80 Å². The fourth-order valence-electron chi connectivity index (χ4n) is 0. The van der Waals surface area contributed by atoms with Crippen molar-refractivity contribution < 1.29 is 67.4 Å². The second kappa shape index (κ2) is 44.5. The Morgan fingerprint density at radius 2 is 0.800 bits per heavy atom. The molecular formula is O2W3. The zero-order valence-electron chi connectivity index (χ0n) is 2.04. The molecule has 0 N–H and O–H groups in total. The molecule has 0 heterocycles. The standard InChI is InChI=1S/2O.3W. The molecule has 0 amide bonds. The smallest absolute Gasteiger partial charge is 0 e. The topological polar surface area (TPSA) is 34.1 Å². The molecule has 0 aromatic rings.